The van der Waals surface area contributed by atoms with Gasteiger partial charge in [0.25, 0.3) is 0 Å². The van der Waals surface area contributed by atoms with Gasteiger partial charge in [-0.1, -0.05) is 48.0 Å². The number of nitrogens with one attached hydrogen (secondary N) is 1. The van der Waals surface area contributed by atoms with Crippen LogP contribution in [-0.2, 0) is 14.6 Å². The molecule has 1 atom stereocenters. The van der Waals surface area contributed by atoms with Gasteiger partial charge in [0.2, 0.25) is 0 Å². The lowest BCUT2D eigenvalue weighted by molar-refractivity contribution is -0.936. The summed E-state index contributed by atoms with van der Waals surface area (Å²) in [6.45, 7) is 5.00. The summed E-state index contributed by atoms with van der Waals surface area (Å²) in [6, 6.07) is 17.0. The van der Waals surface area contributed by atoms with E-state index in [-0.39, 0.29) is 11.8 Å². The van der Waals surface area contributed by atoms with E-state index in [0.717, 1.165) is 24.2 Å². The highest BCUT2D eigenvalue weighted by molar-refractivity contribution is 7.91. The molecule has 0 bridgehead atoms. The van der Waals surface area contributed by atoms with Gasteiger partial charge in [-0.25, -0.2) is 8.42 Å². The third kappa shape index (κ3) is 4.04. The number of morpholine rings is 1. The molecule has 1 aliphatic rings. The molecule has 5 heteroatoms. The van der Waals surface area contributed by atoms with Gasteiger partial charge in [0.05, 0.1) is 18.1 Å². The Morgan fingerprint density at radius 3 is 2.25 bits per heavy atom. The van der Waals surface area contributed by atoms with Gasteiger partial charge in [-0.2, -0.15) is 0 Å². The zero-order chi connectivity index (χ0) is 17.0. The molecular formula is C19H24NO3S+. The molecular weight excluding hydrogens is 322 g/mol. The molecule has 1 fully saturated rings. The van der Waals surface area contributed by atoms with E-state index in [2.05, 4.69) is 0 Å². The second kappa shape index (κ2) is 7.47. The van der Waals surface area contributed by atoms with Gasteiger partial charge in [0.1, 0.15) is 24.9 Å². The fourth-order valence-electron chi connectivity index (χ4n) is 3.18. The van der Waals surface area contributed by atoms with Crippen LogP contribution in [0.25, 0.3) is 0 Å². The van der Waals surface area contributed by atoms with Crippen molar-refractivity contribution in [1.29, 1.82) is 0 Å². The first kappa shape index (κ1) is 17.1. The standard InChI is InChI=1S/C19H23NO3S/c1-16-7-9-18(10-8-16)24(21,22)15-19(17-5-3-2-4-6-17)20-11-13-23-14-12-20/h2-10,19H,11-15H2,1H3/p+1/t19-/m0/s1. The monoisotopic (exact) mass is 346 g/mol. The fraction of sp³-hybridized carbons (Fsp3) is 0.368. The van der Waals surface area contributed by atoms with Gasteiger partial charge in [-0.05, 0) is 19.1 Å². The SMILES string of the molecule is Cc1ccc(S(=O)(=O)C[C@@H](c2ccccc2)[NH+]2CCOCC2)cc1. The van der Waals surface area contributed by atoms with Gasteiger partial charge in [0, 0.05) is 5.56 Å². The first-order valence-electron chi connectivity index (χ1n) is 8.33. The van der Waals surface area contributed by atoms with Crippen molar-refractivity contribution < 1.29 is 18.1 Å². The first-order chi connectivity index (χ1) is 11.6. The number of benzene rings is 2. The van der Waals surface area contributed by atoms with Gasteiger partial charge < -0.3 is 9.64 Å². The molecule has 0 spiro atoms. The van der Waals surface area contributed by atoms with Crippen molar-refractivity contribution in [2.75, 3.05) is 32.1 Å². The van der Waals surface area contributed by atoms with Crippen molar-refractivity contribution in [2.24, 2.45) is 0 Å². The van der Waals surface area contributed by atoms with Crippen LogP contribution < -0.4 is 4.90 Å². The Morgan fingerprint density at radius 1 is 1.00 bits per heavy atom. The normalized spacial score (nSPS) is 17.5. The Hall–Kier alpha value is -1.69. The molecule has 2 aromatic carbocycles. The fourth-order valence-corrected chi connectivity index (χ4v) is 4.79. The summed E-state index contributed by atoms with van der Waals surface area (Å²) in [4.78, 5) is 1.69. The summed E-state index contributed by atoms with van der Waals surface area (Å²) in [5, 5.41) is 0. The lowest BCUT2D eigenvalue weighted by Gasteiger charge is -2.31. The van der Waals surface area contributed by atoms with Gasteiger partial charge >= 0.3 is 0 Å². The van der Waals surface area contributed by atoms with E-state index < -0.39 is 9.84 Å². The molecule has 1 N–H and O–H groups in total. The summed E-state index contributed by atoms with van der Waals surface area (Å²) in [5.41, 5.74) is 2.14. The number of sulfone groups is 1. The highest BCUT2D eigenvalue weighted by Crippen LogP contribution is 2.19. The van der Waals surface area contributed by atoms with Crippen LogP contribution in [0.4, 0.5) is 0 Å². The van der Waals surface area contributed by atoms with E-state index in [4.69, 9.17) is 4.74 Å². The van der Waals surface area contributed by atoms with Crippen LogP contribution in [0.15, 0.2) is 59.5 Å². The first-order valence-corrected chi connectivity index (χ1v) is 9.98. The molecule has 0 radical (unpaired) electrons. The Bertz CT molecular complexity index is 751. The summed E-state index contributed by atoms with van der Waals surface area (Å²) < 4.78 is 31.3. The van der Waals surface area contributed by atoms with Crippen molar-refractivity contribution in [1.82, 2.24) is 0 Å². The Labute approximate surface area is 144 Å². The van der Waals surface area contributed by atoms with Crippen molar-refractivity contribution in [3.05, 3.63) is 65.7 Å². The smallest absolute Gasteiger partial charge is 0.184 e. The van der Waals surface area contributed by atoms with Crippen LogP contribution in [-0.4, -0.2) is 40.5 Å². The van der Waals surface area contributed by atoms with Gasteiger partial charge in [-0.3, -0.25) is 0 Å². The van der Waals surface area contributed by atoms with Crippen molar-refractivity contribution in [2.45, 2.75) is 17.9 Å². The predicted molar refractivity (Wildman–Crippen MR) is 93.9 cm³/mol. The zero-order valence-corrected chi connectivity index (χ0v) is 14.8. The minimum absolute atomic E-state index is 0.0681. The molecule has 128 valence electrons. The molecule has 0 aromatic heterocycles. The van der Waals surface area contributed by atoms with Gasteiger partial charge in [-0.15, -0.1) is 0 Å². The Kier molecular flexibility index (Phi) is 5.33. The second-order valence-electron chi connectivity index (χ2n) is 6.33. The molecule has 0 saturated carbocycles. The molecule has 1 heterocycles. The third-order valence-electron chi connectivity index (χ3n) is 4.60. The maximum atomic E-state index is 12.9. The average Bonchev–Trinajstić information content (AvgIpc) is 2.62. The van der Waals surface area contributed by atoms with Crippen molar-refractivity contribution >= 4 is 9.84 Å². The Balaban J connectivity index is 1.89. The minimum atomic E-state index is -3.34. The number of rotatable bonds is 5. The Morgan fingerprint density at radius 2 is 1.62 bits per heavy atom. The highest BCUT2D eigenvalue weighted by Gasteiger charge is 2.31. The number of hydrogen-bond acceptors (Lipinski definition) is 3. The van der Waals surface area contributed by atoms with Crippen LogP contribution in [0.3, 0.4) is 0 Å². The number of ether oxygens (including phenoxy) is 1. The maximum absolute atomic E-state index is 12.9. The number of hydrogen-bond donors (Lipinski definition) is 1. The zero-order valence-electron chi connectivity index (χ0n) is 13.9. The molecule has 4 nitrogen and oxygen atoms in total. The lowest BCUT2D eigenvalue weighted by atomic mass is 10.1. The van der Waals surface area contributed by atoms with Crippen LogP contribution >= 0.6 is 0 Å². The largest absolute Gasteiger partial charge is 0.370 e. The van der Waals surface area contributed by atoms with Crippen LogP contribution in [0.1, 0.15) is 17.2 Å². The van der Waals surface area contributed by atoms with E-state index in [0.29, 0.717) is 18.1 Å². The van der Waals surface area contributed by atoms with Crippen molar-refractivity contribution in [3.63, 3.8) is 0 Å². The quantitative estimate of drug-likeness (QED) is 0.891. The van der Waals surface area contributed by atoms with Crippen molar-refractivity contribution in [3.8, 4) is 0 Å². The summed E-state index contributed by atoms with van der Waals surface area (Å²) in [6.07, 6.45) is 0. The average molecular weight is 346 g/mol. The molecule has 2 aromatic rings. The van der Waals surface area contributed by atoms with Crippen LogP contribution in [0.2, 0.25) is 0 Å². The summed E-state index contributed by atoms with van der Waals surface area (Å²) in [7, 11) is -3.34. The number of aryl methyl sites for hydroxylation is 1. The van der Waals surface area contributed by atoms with E-state index in [1.165, 1.54) is 4.90 Å². The maximum Gasteiger partial charge on any atom is 0.184 e. The second-order valence-corrected chi connectivity index (χ2v) is 8.36. The van der Waals surface area contributed by atoms with E-state index in [9.17, 15) is 8.42 Å². The van der Waals surface area contributed by atoms with Crippen LogP contribution in [0.5, 0.6) is 0 Å². The topological polar surface area (TPSA) is 47.8 Å². The van der Waals surface area contributed by atoms with E-state index in [1.54, 1.807) is 12.1 Å². The predicted octanol–water partition coefficient (Wildman–Crippen LogP) is 1.43. The van der Waals surface area contributed by atoms with E-state index >= 15 is 0 Å². The summed E-state index contributed by atoms with van der Waals surface area (Å²) in [5.74, 6) is 0.120. The molecule has 0 aliphatic carbocycles. The summed E-state index contributed by atoms with van der Waals surface area (Å²) >= 11 is 0. The van der Waals surface area contributed by atoms with E-state index in [1.807, 2.05) is 49.4 Å². The molecule has 0 unspecified atom stereocenters. The minimum Gasteiger partial charge on any atom is -0.370 e. The van der Waals surface area contributed by atoms with Gasteiger partial charge in [0.15, 0.2) is 9.84 Å². The molecule has 1 aliphatic heterocycles. The number of quaternary nitrogens is 1. The molecule has 1 saturated heterocycles. The molecule has 0 amide bonds. The molecule has 3 rings (SSSR count). The third-order valence-corrected chi connectivity index (χ3v) is 6.36. The lowest BCUT2D eigenvalue weighted by Crippen LogP contribution is -3.14. The highest BCUT2D eigenvalue weighted by atomic mass is 32.2. The molecule has 24 heavy (non-hydrogen) atoms. The van der Waals surface area contributed by atoms with Crippen LogP contribution in [0, 0.1) is 6.92 Å².